The van der Waals surface area contributed by atoms with Crippen molar-refractivity contribution in [2.24, 2.45) is 5.92 Å². The number of likely N-dealkylation sites (N-methyl/N-ethyl adjacent to an activating group) is 1. The van der Waals surface area contributed by atoms with Crippen LogP contribution in [0.1, 0.15) is 18.4 Å². The third kappa shape index (κ3) is 4.04. The Bertz CT molecular complexity index is 832. The molecule has 1 saturated heterocycles. The summed E-state index contributed by atoms with van der Waals surface area (Å²) in [6.07, 6.45) is 1.53. The number of thiophene rings is 1. The van der Waals surface area contributed by atoms with Crippen LogP contribution in [0.15, 0.2) is 29.6 Å². The Hall–Kier alpha value is -2.41. The number of nitrogens with zero attached hydrogens (tertiary/aromatic N) is 2. The van der Waals surface area contributed by atoms with E-state index in [-0.39, 0.29) is 31.3 Å². The van der Waals surface area contributed by atoms with Crippen molar-refractivity contribution in [3.8, 4) is 0 Å². The molecule has 1 atom stereocenters. The molecule has 1 aromatic carbocycles. The van der Waals surface area contributed by atoms with E-state index in [4.69, 9.17) is 5.11 Å². The van der Waals surface area contributed by atoms with Crippen molar-refractivity contribution in [2.75, 3.05) is 26.7 Å². The van der Waals surface area contributed by atoms with Gasteiger partial charge < -0.3 is 14.9 Å². The lowest BCUT2D eigenvalue weighted by Gasteiger charge is -2.32. The minimum atomic E-state index is -0.865. The summed E-state index contributed by atoms with van der Waals surface area (Å²) >= 11 is 1.61. The number of amides is 2. The Labute approximate surface area is 156 Å². The largest absolute Gasteiger partial charge is 0.481 e. The second kappa shape index (κ2) is 7.86. The second-order valence-electron chi connectivity index (χ2n) is 6.70. The minimum absolute atomic E-state index is 0.0206. The number of piperidine rings is 1. The first-order valence-electron chi connectivity index (χ1n) is 8.65. The number of aliphatic carboxylic acids is 1. The SMILES string of the molecule is CN(CC(=O)N1CCCC(C(=O)O)C1)C(=O)Cc1csc2ccccc12. The number of carbonyl (C=O) groups is 3. The van der Waals surface area contributed by atoms with Crippen molar-refractivity contribution in [1.29, 1.82) is 0 Å². The predicted molar refractivity (Wildman–Crippen MR) is 100 cm³/mol. The van der Waals surface area contributed by atoms with E-state index < -0.39 is 11.9 Å². The van der Waals surface area contributed by atoms with Crippen molar-refractivity contribution in [1.82, 2.24) is 9.80 Å². The van der Waals surface area contributed by atoms with Crippen LogP contribution in [0, 0.1) is 5.92 Å². The number of fused-ring (bicyclic) bond motifs is 1. The van der Waals surface area contributed by atoms with Crippen molar-refractivity contribution < 1.29 is 19.5 Å². The van der Waals surface area contributed by atoms with Gasteiger partial charge in [0, 0.05) is 24.8 Å². The molecule has 0 saturated carbocycles. The average molecular weight is 374 g/mol. The lowest BCUT2D eigenvalue weighted by atomic mass is 9.98. The molecule has 1 fully saturated rings. The lowest BCUT2D eigenvalue weighted by molar-refractivity contribution is -0.147. The van der Waals surface area contributed by atoms with Crippen LogP contribution < -0.4 is 0 Å². The molecule has 2 amide bonds. The van der Waals surface area contributed by atoms with Gasteiger partial charge in [-0.2, -0.15) is 0 Å². The summed E-state index contributed by atoms with van der Waals surface area (Å²) in [5.74, 6) is -1.68. The van der Waals surface area contributed by atoms with Gasteiger partial charge in [-0.3, -0.25) is 14.4 Å². The molecule has 1 N–H and O–H groups in total. The van der Waals surface area contributed by atoms with E-state index in [1.807, 2.05) is 29.6 Å². The highest BCUT2D eigenvalue weighted by Gasteiger charge is 2.29. The molecule has 1 aliphatic rings. The predicted octanol–water partition coefficient (Wildman–Crippen LogP) is 2.23. The maximum Gasteiger partial charge on any atom is 0.308 e. The molecule has 0 spiro atoms. The van der Waals surface area contributed by atoms with Crippen LogP contribution >= 0.6 is 11.3 Å². The lowest BCUT2D eigenvalue weighted by Crippen LogP contribution is -2.47. The standard InChI is InChI=1S/C19H22N2O4S/c1-20(11-18(23)21-8-4-5-13(10-21)19(24)25)17(22)9-14-12-26-16-7-3-2-6-15(14)16/h2-3,6-7,12-13H,4-5,8-11H2,1H3,(H,24,25). The summed E-state index contributed by atoms with van der Waals surface area (Å²) in [6, 6.07) is 7.94. The molecule has 0 bridgehead atoms. The molecule has 138 valence electrons. The number of carbonyl (C=O) groups excluding carboxylic acids is 2. The van der Waals surface area contributed by atoms with Crippen molar-refractivity contribution in [3.63, 3.8) is 0 Å². The number of carboxylic acid groups (broad SMARTS) is 1. The molecule has 1 unspecified atom stereocenters. The van der Waals surface area contributed by atoms with Crippen molar-refractivity contribution in [3.05, 3.63) is 35.2 Å². The molecular formula is C19H22N2O4S. The Morgan fingerprint density at radius 1 is 1.31 bits per heavy atom. The fourth-order valence-corrected chi connectivity index (χ4v) is 4.23. The number of hydrogen-bond acceptors (Lipinski definition) is 4. The maximum atomic E-state index is 12.5. The number of likely N-dealkylation sites (tertiary alicyclic amines) is 1. The normalized spacial score (nSPS) is 17.3. The zero-order valence-electron chi connectivity index (χ0n) is 14.7. The Kier molecular flexibility index (Phi) is 5.56. The van der Waals surface area contributed by atoms with Crippen LogP contribution in [0.2, 0.25) is 0 Å². The number of rotatable bonds is 5. The van der Waals surface area contributed by atoms with E-state index in [0.717, 1.165) is 15.6 Å². The fraction of sp³-hybridized carbons (Fsp3) is 0.421. The highest BCUT2D eigenvalue weighted by atomic mass is 32.1. The average Bonchev–Trinajstić information content (AvgIpc) is 3.04. The number of carboxylic acids is 1. The summed E-state index contributed by atoms with van der Waals surface area (Å²) in [4.78, 5) is 39.1. The molecule has 0 aliphatic carbocycles. The summed E-state index contributed by atoms with van der Waals surface area (Å²) in [7, 11) is 1.62. The van der Waals surface area contributed by atoms with Gasteiger partial charge in [0.15, 0.2) is 0 Å². The van der Waals surface area contributed by atoms with Gasteiger partial charge in [0.05, 0.1) is 18.9 Å². The highest BCUT2D eigenvalue weighted by molar-refractivity contribution is 7.17. The second-order valence-corrected chi connectivity index (χ2v) is 7.61. The topological polar surface area (TPSA) is 77.9 Å². The van der Waals surface area contributed by atoms with Crippen LogP contribution in [-0.2, 0) is 20.8 Å². The van der Waals surface area contributed by atoms with E-state index in [0.29, 0.717) is 19.4 Å². The first-order valence-corrected chi connectivity index (χ1v) is 9.53. The number of hydrogen-bond donors (Lipinski definition) is 1. The van der Waals surface area contributed by atoms with Gasteiger partial charge in [-0.15, -0.1) is 11.3 Å². The van der Waals surface area contributed by atoms with E-state index in [9.17, 15) is 14.4 Å². The molecule has 2 aromatic rings. The van der Waals surface area contributed by atoms with E-state index in [2.05, 4.69) is 0 Å². The molecule has 1 aromatic heterocycles. The zero-order valence-corrected chi connectivity index (χ0v) is 15.5. The van der Waals surface area contributed by atoms with Crippen molar-refractivity contribution >= 4 is 39.2 Å². The molecule has 0 radical (unpaired) electrons. The van der Waals surface area contributed by atoms with Gasteiger partial charge in [-0.05, 0) is 35.2 Å². The Morgan fingerprint density at radius 2 is 2.08 bits per heavy atom. The fourth-order valence-electron chi connectivity index (χ4n) is 3.26. The van der Waals surface area contributed by atoms with Gasteiger partial charge in [-0.25, -0.2) is 0 Å². The van der Waals surface area contributed by atoms with Crippen molar-refractivity contribution in [2.45, 2.75) is 19.3 Å². The Morgan fingerprint density at radius 3 is 2.85 bits per heavy atom. The van der Waals surface area contributed by atoms with E-state index >= 15 is 0 Å². The molecule has 2 heterocycles. The van der Waals surface area contributed by atoms with Gasteiger partial charge in [-0.1, -0.05) is 18.2 Å². The zero-order chi connectivity index (χ0) is 18.7. The van der Waals surface area contributed by atoms with Gasteiger partial charge >= 0.3 is 5.97 Å². The summed E-state index contributed by atoms with van der Waals surface area (Å²) in [5.41, 5.74) is 0.971. The molecule has 26 heavy (non-hydrogen) atoms. The number of benzene rings is 1. The van der Waals surface area contributed by atoms with Gasteiger partial charge in [0.25, 0.3) is 0 Å². The quantitative estimate of drug-likeness (QED) is 0.871. The minimum Gasteiger partial charge on any atom is -0.481 e. The third-order valence-electron chi connectivity index (χ3n) is 4.82. The molecule has 6 nitrogen and oxygen atoms in total. The third-order valence-corrected chi connectivity index (χ3v) is 5.84. The first kappa shape index (κ1) is 18.4. The Balaban J connectivity index is 1.58. The maximum absolute atomic E-state index is 12.5. The molecule has 3 rings (SSSR count). The molecule has 1 aliphatic heterocycles. The van der Waals surface area contributed by atoms with Gasteiger partial charge in [0.1, 0.15) is 0 Å². The molecular weight excluding hydrogens is 352 g/mol. The van der Waals surface area contributed by atoms with E-state index in [1.54, 1.807) is 23.3 Å². The smallest absolute Gasteiger partial charge is 0.308 e. The first-order chi connectivity index (χ1) is 12.5. The van der Waals surface area contributed by atoms with E-state index in [1.165, 1.54) is 4.90 Å². The summed E-state index contributed by atoms with van der Waals surface area (Å²) in [6.45, 7) is 0.762. The van der Waals surface area contributed by atoms with Crippen LogP contribution in [-0.4, -0.2) is 59.4 Å². The van der Waals surface area contributed by atoms with Crippen LogP contribution in [0.4, 0.5) is 0 Å². The van der Waals surface area contributed by atoms with Crippen LogP contribution in [0.25, 0.3) is 10.1 Å². The summed E-state index contributed by atoms with van der Waals surface area (Å²) in [5, 5.41) is 12.2. The highest BCUT2D eigenvalue weighted by Crippen LogP contribution is 2.26. The molecule has 7 heteroatoms. The monoisotopic (exact) mass is 374 g/mol. The van der Waals surface area contributed by atoms with Gasteiger partial charge in [0.2, 0.25) is 11.8 Å². The summed E-state index contributed by atoms with van der Waals surface area (Å²) < 4.78 is 1.14. The van der Waals surface area contributed by atoms with Crippen LogP contribution in [0.5, 0.6) is 0 Å². The van der Waals surface area contributed by atoms with Crippen LogP contribution in [0.3, 0.4) is 0 Å².